The van der Waals surface area contributed by atoms with Crippen LogP contribution in [-0.2, 0) is 4.79 Å². The summed E-state index contributed by atoms with van der Waals surface area (Å²) < 4.78 is -0.291. The molecule has 1 fully saturated rings. The molecule has 1 heterocycles. The van der Waals surface area contributed by atoms with Crippen molar-refractivity contribution in [2.45, 2.75) is 16.6 Å². The highest BCUT2D eigenvalue weighted by molar-refractivity contribution is 9.25. The summed E-state index contributed by atoms with van der Waals surface area (Å²) in [5, 5.41) is 3.91. The third-order valence-corrected chi connectivity index (χ3v) is 5.13. The van der Waals surface area contributed by atoms with E-state index in [1.54, 1.807) is 18.6 Å². The fourth-order valence-corrected chi connectivity index (χ4v) is 2.87. The van der Waals surface area contributed by atoms with Gasteiger partial charge in [0, 0.05) is 18.0 Å². The lowest BCUT2D eigenvalue weighted by molar-refractivity contribution is -0.125. The molecule has 0 aromatic carbocycles. The van der Waals surface area contributed by atoms with E-state index in [2.05, 4.69) is 47.4 Å². The molecule has 1 aliphatic rings. The molecule has 0 bridgehead atoms. The number of aromatic nitrogens is 1. The van der Waals surface area contributed by atoms with Crippen LogP contribution in [0.4, 0.5) is 0 Å². The number of halogens is 2. The van der Waals surface area contributed by atoms with E-state index in [1.807, 2.05) is 19.1 Å². The van der Waals surface area contributed by atoms with E-state index in [1.165, 1.54) is 0 Å². The molecular weight excluding hydrogens is 350 g/mol. The van der Waals surface area contributed by atoms with Crippen LogP contribution in [-0.4, -0.2) is 20.3 Å². The average molecular weight is 361 g/mol. The lowest BCUT2D eigenvalue weighted by Crippen LogP contribution is -2.29. The van der Waals surface area contributed by atoms with Gasteiger partial charge in [-0.1, -0.05) is 37.9 Å². The molecule has 1 N–H and O–H groups in total. The van der Waals surface area contributed by atoms with Crippen molar-refractivity contribution in [2.75, 3.05) is 0 Å². The molecule has 0 unspecified atom stereocenters. The van der Waals surface area contributed by atoms with Crippen molar-refractivity contribution >= 4 is 44.0 Å². The van der Waals surface area contributed by atoms with Gasteiger partial charge in [-0.2, -0.15) is 5.10 Å². The van der Waals surface area contributed by atoms with E-state index in [4.69, 9.17) is 0 Å². The van der Waals surface area contributed by atoms with Gasteiger partial charge in [0.2, 0.25) is 5.91 Å². The van der Waals surface area contributed by atoms with Crippen molar-refractivity contribution in [3.63, 3.8) is 0 Å². The predicted molar refractivity (Wildman–Crippen MR) is 73.3 cm³/mol. The van der Waals surface area contributed by atoms with Crippen LogP contribution in [0.5, 0.6) is 0 Å². The number of nitrogens with one attached hydrogen (secondary N) is 1. The summed E-state index contributed by atoms with van der Waals surface area (Å²) in [6, 6.07) is 3.67. The first kappa shape index (κ1) is 12.7. The lowest BCUT2D eigenvalue weighted by atomic mass is 10.1. The Morgan fingerprint density at radius 1 is 1.65 bits per heavy atom. The number of pyridine rings is 1. The van der Waals surface area contributed by atoms with Crippen molar-refractivity contribution in [1.29, 1.82) is 0 Å². The summed E-state index contributed by atoms with van der Waals surface area (Å²) in [6.07, 6.45) is 5.67. The maximum Gasteiger partial charge on any atom is 0.248 e. The molecule has 90 valence electrons. The summed E-state index contributed by atoms with van der Waals surface area (Å²) in [6.45, 7) is 1.88. The number of carbonyl (C=O) groups is 1. The van der Waals surface area contributed by atoms with Gasteiger partial charge in [-0.05, 0) is 19.4 Å². The van der Waals surface area contributed by atoms with Crippen molar-refractivity contribution in [3.8, 4) is 0 Å². The number of amides is 1. The quantitative estimate of drug-likeness (QED) is 0.511. The Labute approximate surface area is 116 Å². The largest absolute Gasteiger partial charge is 0.272 e. The van der Waals surface area contributed by atoms with E-state index < -0.39 is 5.41 Å². The van der Waals surface area contributed by atoms with Crippen LogP contribution in [0.25, 0.3) is 0 Å². The van der Waals surface area contributed by atoms with Gasteiger partial charge < -0.3 is 0 Å². The minimum Gasteiger partial charge on any atom is -0.272 e. The number of hydrazone groups is 1. The van der Waals surface area contributed by atoms with E-state index in [9.17, 15) is 4.79 Å². The summed E-state index contributed by atoms with van der Waals surface area (Å²) in [4.78, 5) is 15.8. The van der Waals surface area contributed by atoms with Crippen LogP contribution >= 0.6 is 31.9 Å². The Bertz CT molecular complexity index is 461. The lowest BCUT2D eigenvalue weighted by Gasteiger charge is -2.09. The van der Waals surface area contributed by atoms with Gasteiger partial charge in [0.25, 0.3) is 0 Å². The molecule has 1 atom stereocenters. The molecule has 1 aromatic rings. The maximum atomic E-state index is 11.8. The van der Waals surface area contributed by atoms with Gasteiger partial charge >= 0.3 is 0 Å². The van der Waals surface area contributed by atoms with E-state index >= 15 is 0 Å². The molecule has 4 nitrogen and oxygen atoms in total. The molecule has 0 radical (unpaired) electrons. The maximum absolute atomic E-state index is 11.8. The van der Waals surface area contributed by atoms with Crippen LogP contribution in [0.15, 0.2) is 29.6 Å². The van der Waals surface area contributed by atoms with Gasteiger partial charge in [0.15, 0.2) is 0 Å². The second-order valence-electron chi connectivity index (χ2n) is 4.20. The van der Waals surface area contributed by atoms with Gasteiger partial charge in [0.1, 0.15) is 0 Å². The SMILES string of the molecule is C[C@]1(C(=O)NN=Cc2cccnc2)CC1(Br)Br. The Kier molecular flexibility index (Phi) is 3.36. The first-order valence-electron chi connectivity index (χ1n) is 5.07. The Morgan fingerprint density at radius 2 is 2.35 bits per heavy atom. The monoisotopic (exact) mass is 359 g/mol. The van der Waals surface area contributed by atoms with Crippen LogP contribution in [0.1, 0.15) is 18.9 Å². The highest BCUT2D eigenvalue weighted by Crippen LogP contribution is 2.66. The predicted octanol–water partition coefficient (Wildman–Crippen LogP) is 2.43. The number of hydrogen-bond acceptors (Lipinski definition) is 3. The van der Waals surface area contributed by atoms with E-state index in [0.717, 1.165) is 12.0 Å². The third kappa shape index (κ3) is 2.57. The number of carbonyl (C=O) groups excluding carboxylic acids is 1. The first-order valence-corrected chi connectivity index (χ1v) is 6.66. The topological polar surface area (TPSA) is 54.4 Å². The molecule has 1 aromatic heterocycles. The summed E-state index contributed by atoms with van der Waals surface area (Å²) in [5.74, 6) is -0.105. The number of rotatable bonds is 3. The van der Waals surface area contributed by atoms with Gasteiger partial charge in [-0.15, -0.1) is 0 Å². The van der Waals surface area contributed by atoms with Crippen LogP contribution in [0, 0.1) is 5.41 Å². The van der Waals surface area contributed by atoms with Gasteiger partial charge in [-0.3, -0.25) is 9.78 Å². The normalized spacial score (nSPS) is 25.8. The summed E-state index contributed by atoms with van der Waals surface area (Å²) >= 11 is 6.88. The van der Waals surface area contributed by atoms with Gasteiger partial charge in [0.05, 0.1) is 14.9 Å². The molecular formula is C11H11Br2N3O. The van der Waals surface area contributed by atoms with Crippen molar-refractivity contribution < 1.29 is 4.79 Å². The van der Waals surface area contributed by atoms with Crippen molar-refractivity contribution in [1.82, 2.24) is 10.4 Å². The molecule has 1 amide bonds. The molecule has 6 heteroatoms. The van der Waals surface area contributed by atoms with E-state index in [0.29, 0.717) is 0 Å². The van der Waals surface area contributed by atoms with Gasteiger partial charge in [-0.25, -0.2) is 5.43 Å². The molecule has 0 saturated heterocycles. The van der Waals surface area contributed by atoms with Crippen molar-refractivity contribution in [3.05, 3.63) is 30.1 Å². The second-order valence-corrected chi connectivity index (χ2v) is 7.97. The van der Waals surface area contributed by atoms with Crippen molar-refractivity contribution in [2.24, 2.45) is 10.5 Å². The molecule has 17 heavy (non-hydrogen) atoms. The zero-order chi connectivity index (χ0) is 12.5. The van der Waals surface area contributed by atoms with Crippen LogP contribution in [0.2, 0.25) is 0 Å². The number of alkyl halides is 2. The van der Waals surface area contributed by atoms with Crippen LogP contribution in [0.3, 0.4) is 0 Å². The highest BCUT2D eigenvalue weighted by Gasteiger charge is 2.66. The Morgan fingerprint density at radius 3 is 2.88 bits per heavy atom. The number of nitrogens with zero attached hydrogens (tertiary/aromatic N) is 2. The molecule has 0 spiro atoms. The fraction of sp³-hybridized carbons (Fsp3) is 0.364. The molecule has 0 aliphatic heterocycles. The Hall–Kier alpha value is -0.750. The third-order valence-electron chi connectivity index (χ3n) is 2.82. The minimum absolute atomic E-state index is 0.105. The Balaban J connectivity index is 1.92. The average Bonchev–Trinajstić information content (AvgIpc) is 2.81. The van der Waals surface area contributed by atoms with Crippen LogP contribution < -0.4 is 5.43 Å². The number of hydrogen-bond donors (Lipinski definition) is 1. The highest BCUT2D eigenvalue weighted by atomic mass is 79.9. The second kappa shape index (κ2) is 4.49. The molecule has 1 aliphatic carbocycles. The zero-order valence-corrected chi connectivity index (χ0v) is 12.3. The standard InChI is InChI=1S/C11H11Br2N3O/c1-10(7-11(10,12)13)9(17)16-15-6-8-3-2-4-14-5-8/h2-6H,7H2,1H3,(H,16,17)/t10-/m1/s1. The minimum atomic E-state index is -0.445. The first-order chi connectivity index (χ1) is 7.96. The summed E-state index contributed by atoms with van der Waals surface area (Å²) in [7, 11) is 0. The zero-order valence-electron chi connectivity index (χ0n) is 9.15. The van der Waals surface area contributed by atoms with E-state index in [-0.39, 0.29) is 9.14 Å². The summed E-state index contributed by atoms with van der Waals surface area (Å²) in [5.41, 5.74) is 2.93. The molecule has 1 saturated carbocycles. The molecule has 2 rings (SSSR count). The fourth-order valence-electron chi connectivity index (χ4n) is 1.39. The smallest absolute Gasteiger partial charge is 0.248 e.